The lowest BCUT2D eigenvalue weighted by Crippen LogP contribution is -2.53. The number of benzene rings is 1. The molecular formula is C28H33F3N6O3. The van der Waals surface area contributed by atoms with E-state index < -0.39 is 29.4 Å². The Bertz CT molecular complexity index is 1420. The van der Waals surface area contributed by atoms with Crippen molar-refractivity contribution in [3.63, 3.8) is 0 Å². The van der Waals surface area contributed by atoms with Crippen molar-refractivity contribution in [2.24, 2.45) is 5.92 Å². The van der Waals surface area contributed by atoms with Crippen molar-refractivity contribution in [1.82, 2.24) is 20.1 Å². The maximum atomic E-state index is 15.3. The van der Waals surface area contributed by atoms with Crippen LogP contribution in [0, 0.1) is 25.6 Å². The van der Waals surface area contributed by atoms with Gasteiger partial charge in [-0.3, -0.25) is 4.79 Å². The average Bonchev–Trinajstić information content (AvgIpc) is 2.89. The fraction of sp³-hybridized carbons (Fsp3) is 0.500. The summed E-state index contributed by atoms with van der Waals surface area (Å²) in [6.07, 6.45) is -2.05. The molecule has 40 heavy (non-hydrogen) atoms. The molecule has 2 atom stereocenters. The van der Waals surface area contributed by atoms with Crippen molar-refractivity contribution >= 4 is 28.3 Å². The number of anilines is 2. The summed E-state index contributed by atoms with van der Waals surface area (Å²) in [5.41, 5.74) is 2.07. The highest BCUT2D eigenvalue weighted by molar-refractivity contribution is 5.93. The average molecular weight is 559 g/mol. The summed E-state index contributed by atoms with van der Waals surface area (Å²) in [6.45, 7) is 9.71. The van der Waals surface area contributed by atoms with Crippen LogP contribution in [-0.2, 0) is 15.5 Å². The molecule has 1 amide bonds. The molecule has 2 aliphatic rings. The van der Waals surface area contributed by atoms with E-state index in [0.29, 0.717) is 61.8 Å². The minimum atomic E-state index is -3.74. The Morgan fingerprint density at radius 2 is 1.82 bits per heavy atom. The number of amides is 1. The largest absolute Gasteiger partial charge is 0.387 e. The summed E-state index contributed by atoms with van der Waals surface area (Å²) in [5, 5.41) is 21.8. The van der Waals surface area contributed by atoms with Gasteiger partial charge in [-0.15, -0.1) is 5.10 Å². The molecule has 0 radical (unpaired) electrons. The number of aliphatic hydroxyl groups excluding tert-OH is 1. The number of carbonyl (C=O) groups is 1. The number of fused-ring (bicyclic) bond motifs is 1. The minimum absolute atomic E-state index is 0.00583. The molecule has 5 rings (SSSR count). The molecule has 2 aliphatic heterocycles. The van der Waals surface area contributed by atoms with Gasteiger partial charge in [-0.1, -0.05) is 12.1 Å². The fourth-order valence-corrected chi connectivity index (χ4v) is 5.16. The third-order valence-corrected chi connectivity index (χ3v) is 7.74. The lowest BCUT2D eigenvalue weighted by Gasteiger charge is -2.39. The van der Waals surface area contributed by atoms with E-state index in [-0.39, 0.29) is 17.4 Å². The van der Waals surface area contributed by atoms with Crippen LogP contribution in [0.5, 0.6) is 0 Å². The molecule has 4 heterocycles. The number of aromatic nitrogens is 3. The number of pyridine rings is 1. The number of rotatable bonds is 7. The molecule has 2 saturated heterocycles. The number of hydrogen-bond acceptors (Lipinski definition) is 8. The second-order valence-electron chi connectivity index (χ2n) is 10.5. The molecule has 0 saturated carbocycles. The van der Waals surface area contributed by atoms with Crippen LogP contribution in [0.2, 0.25) is 0 Å². The first-order valence-electron chi connectivity index (χ1n) is 13.4. The van der Waals surface area contributed by atoms with Gasteiger partial charge in [0.1, 0.15) is 11.9 Å². The molecule has 12 heteroatoms. The number of ether oxygens (including phenoxy) is 1. The minimum Gasteiger partial charge on any atom is -0.387 e. The highest BCUT2D eigenvalue weighted by atomic mass is 19.3. The summed E-state index contributed by atoms with van der Waals surface area (Å²) in [6, 6.07) is 4.95. The Morgan fingerprint density at radius 3 is 2.45 bits per heavy atom. The maximum Gasteiger partial charge on any atom is 0.301 e. The monoisotopic (exact) mass is 558 g/mol. The van der Waals surface area contributed by atoms with E-state index in [1.807, 2.05) is 17.9 Å². The van der Waals surface area contributed by atoms with E-state index in [9.17, 15) is 18.7 Å². The van der Waals surface area contributed by atoms with Crippen LogP contribution in [0.1, 0.15) is 42.4 Å². The van der Waals surface area contributed by atoms with Gasteiger partial charge in [0.15, 0.2) is 5.82 Å². The Kier molecular flexibility index (Phi) is 7.58. The second-order valence-corrected chi connectivity index (χ2v) is 10.5. The summed E-state index contributed by atoms with van der Waals surface area (Å²) >= 11 is 0. The number of alkyl halides is 2. The predicted molar refractivity (Wildman–Crippen MR) is 144 cm³/mol. The number of hydrogen-bond donors (Lipinski definition) is 2. The molecule has 0 aliphatic carbocycles. The van der Waals surface area contributed by atoms with Gasteiger partial charge in [-0.25, -0.2) is 9.37 Å². The van der Waals surface area contributed by atoms with Gasteiger partial charge >= 0.3 is 5.92 Å². The van der Waals surface area contributed by atoms with Gasteiger partial charge < -0.3 is 25.0 Å². The standard InChI is InChI=1S/C28H33F3N6O3/c1-15(20-6-5-7-22(24(20)29)28(30,31)18(4)38)33-26-21-12-23(16(2)32-25(21)17(3)34-35-26)36-8-10-37(11-9-36)27(39)19-13-40-14-19/h5-7,12,15,18-19,38H,8-11,13-14H2,1-4H3,(H,33,35)/t15-,18?/m1/s1. The first kappa shape index (κ1) is 28.0. The lowest BCUT2D eigenvalue weighted by molar-refractivity contribution is -0.150. The maximum absolute atomic E-state index is 15.3. The molecular weight excluding hydrogens is 525 g/mol. The van der Waals surface area contributed by atoms with E-state index in [0.717, 1.165) is 24.4 Å². The van der Waals surface area contributed by atoms with Gasteiger partial charge in [-0.05, 0) is 39.8 Å². The van der Waals surface area contributed by atoms with Gasteiger partial charge in [0.05, 0.1) is 53.3 Å². The first-order valence-corrected chi connectivity index (χ1v) is 13.4. The number of piperazine rings is 1. The van der Waals surface area contributed by atoms with E-state index in [4.69, 9.17) is 9.72 Å². The number of aryl methyl sites for hydroxylation is 2. The molecule has 2 aromatic heterocycles. The topological polar surface area (TPSA) is 104 Å². The van der Waals surface area contributed by atoms with Gasteiger partial charge in [0, 0.05) is 37.1 Å². The number of carbonyl (C=O) groups excluding carboxylic acids is 1. The highest BCUT2D eigenvalue weighted by Crippen LogP contribution is 2.37. The molecule has 1 aromatic carbocycles. The number of halogens is 3. The molecule has 2 N–H and O–H groups in total. The molecule has 3 aromatic rings. The van der Waals surface area contributed by atoms with Gasteiger partial charge in [0.2, 0.25) is 5.91 Å². The molecule has 214 valence electrons. The Balaban J connectivity index is 1.42. The summed E-state index contributed by atoms with van der Waals surface area (Å²) in [7, 11) is 0. The van der Waals surface area contributed by atoms with E-state index in [1.165, 1.54) is 12.1 Å². The van der Waals surface area contributed by atoms with Crippen LogP contribution in [0.3, 0.4) is 0 Å². The summed E-state index contributed by atoms with van der Waals surface area (Å²) < 4.78 is 49.4. The molecule has 1 unspecified atom stereocenters. The molecule has 2 fully saturated rings. The number of aliphatic hydroxyl groups is 1. The predicted octanol–water partition coefficient (Wildman–Crippen LogP) is 3.72. The van der Waals surface area contributed by atoms with Crippen LogP contribution in [0.15, 0.2) is 24.3 Å². The SMILES string of the molecule is Cc1nc2c(C)nnc(N[C@H](C)c3cccc(C(F)(F)C(C)O)c3F)c2cc1N1CCN(C(=O)C2COC2)CC1. The van der Waals surface area contributed by atoms with E-state index >= 15 is 4.39 Å². The fourth-order valence-electron chi connectivity index (χ4n) is 5.16. The van der Waals surface area contributed by atoms with E-state index in [2.05, 4.69) is 20.4 Å². The van der Waals surface area contributed by atoms with Crippen LogP contribution in [-0.4, -0.2) is 76.6 Å². The second kappa shape index (κ2) is 10.8. The molecule has 0 spiro atoms. The van der Waals surface area contributed by atoms with E-state index in [1.54, 1.807) is 13.8 Å². The zero-order chi connectivity index (χ0) is 28.8. The zero-order valence-electron chi connectivity index (χ0n) is 22.9. The zero-order valence-corrected chi connectivity index (χ0v) is 22.9. The first-order chi connectivity index (χ1) is 19.0. The van der Waals surface area contributed by atoms with Crippen LogP contribution in [0.4, 0.5) is 24.7 Å². The van der Waals surface area contributed by atoms with Crippen molar-refractivity contribution in [2.75, 3.05) is 49.6 Å². The Hall–Kier alpha value is -3.51. The van der Waals surface area contributed by atoms with Crippen LogP contribution in [0.25, 0.3) is 10.9 Å². The normalized spacial score (nSPS) is 18.0. The van der Waals surface area contributed by atoms with Crippen LogP contribution >= 0.6 is 0 Å². The number of nitrogens with zero attached hydrogens (tertiary/aromatic N) is 5. The smallest absolute Gasteiger partial charge is 0.301 e. The van der Waals surface area contributed by atoms with Gasteiger partial charge in [0.25, 0.3) is 0 Å². The summed E-state index contributed by atoms with van der Waals surface area (Å²) in [5.74, 6) is -4.40. The van der Waals surface area contributed by atoms with Gasteiger partial charge in [-0.2, -0.15) is 13.9 Å². The van der Waals surface area contributed by atoms with Crippen molar-refractivity contribution < 1.29 is 27.8 Å². The highest BCUT2D eigenvalue weighted by Gasteiger charge is 2.41. The van der Waals surface area contributed by atoms with Crippen molar-refractivity contribution in [1.29, 1.82) is 0 Å². The van der Waals surface area contributed by atoms with Crippen molar-refractivity contribution in [3.05, 3.63) is 52.6 Å². The van der Waals surface area contributed by atoms with Crippen LogP contribution < -0.4 is 10.2 Å². The third kappa shape index (κ3) is 5.05. The quantitative estimate of drug-likeness (QED) is 0.453. The van der Waals surface area contributed by atoms with Crippen molar-refractivity contribution in [3.8, 4) is 0 Å². The molecule has 9 nitrogen and oxygen atoms in total. The molecule has 0 bridgehead atoms. The third-order valence-electron chi connectivity index (χ3n) is 7.74. The number of nitrogens with one attached hydrogen (secondary N) is 1. The Labute approximate surface area is 230 Å². The lowest BCUT2D eigenvalue weighted by atomic mass is 9.97. The van der Waals surface area contributed by atoms with Crippen molar-refractivity contribution in [2.45, 2.75) is 45.8 Å². The Morgan fingerprint density at radius 1 is 1.12 bits per heavy atom. The summed E-state index contributed by atoms with van der Waals surface area (Å²) in [4.78, 5) is 21.5.